The molecule has 0 atom stereocenters. The molecule has 0 amide bonds. The third-order valence-corrected chi connectivity index (χ3v) is 4.13. The first-order valence-corrected chi connectivity index (χ1v) is 6.92. The van der Waals surface area contributed by atoms with Crippen molar-refractivity contribution in [1.82, 2.24) is 0 Å². The van der Waals surface area contributed by atoms with Crippen LogP contribution in [0.1, 0.15) is 33.3 Å². The highest BCUT2D eigenvalue weighted by Crippen LogP contribution is 2.39. The summed E-state index contributed by atoms with van der Waals surface area (Å²) in [6.07, 6.45) is 1.15. The Labute approximate surface area is 128 Å². The number of phenolic OH excluding ortho intramolecular Hbond substituents is 1. The van der Waals surface area contributed by atoms with Gasteiger partial charge in [-0.25, -0.2) is 8.78 Å². The molecule has 0 unspecified atom stereocenters. The van der Waals surface area contributed by atoms with E-state index in [9.17, 15) is 13.9 Å². The minimum Gasteiger partial charge on any atom is -0.508 e. The predicted octanol–water partition coefficient (Wildman–Crippen LogP) is 2.68. The van der Waals surface area contributed by atoms with Crippen LogP contribution >= 0.6 is 0 Å². The van der Waals surface area contributed by atoms with Gasteiger partial charge < -0.3 is 19.5 Å². The first kappa shape index (κ1) is 16.9. The topological polar surface area (TPSA) is 58.9 Å². The van der Waals surface area contributed by atoms with Crippen molar-refractivity contribution in [1.29, 1.82) is 0 Å². The van der Waals surface area contributed by atoms with Crippen molar-refractivity contribution in [3.8, 4) is 5.75 Å². The van der Waals surface area contributed by atoms with E-state index in [1.807, 2.05) is 27.7 Å². The second-order valence-corrected chi connectivity index (χ2v) is 6.29. The molecule has 1 saturated heterocycles. The summed E-state index contributed by atoms with van der Waals surface area (Å²) < 4.78 is 39.1. The molecule has 1 aromatic carbocycles. The molecule has 0 spiro atoms. The van der Waals surface area contributed by atoms with Crippen LogP contribution in [0, 0.1) is 11.6 Å². The minimum atomic E-state index is -0.931. The van der Waals surface area contributed by atoms with Crippen molar-refractivity contribution in [2.45, 2.75) is 38.9 Å². The van der Waals surface area contributed by atoms with Crippen molar-refractivity contribution in [2.75, 3.05) is 6.61 Å². The number of rotatable bonds is 3. The fourth-order valence-corrected chi connectivity index (χ4v) is 2.08. The molecule has 1 heterocycles. The third-order valence-electron chi connectivity index (χ3n) is 4.13. The molecule has 22 heavy (non-hydrogen) atoms. The van der Waals surface area contributed by atoms with Gasteiger partial charge in [-0.05, 0) is 33.2 Å². The lowest BCUT2D eigenvalue weighted by atomic mass is 9.77. The lowest BCUT2D eigenvalue weighted by Gasteiger charge is -2.32. The van der Waals surface area contributed by atoms with E-state index in [0.29, 0.717) is 0 Å². The molecule has 0 saturated carbocycles. The molecule has 1 aliphatic rings. The summed E-state index contributed by atoms with van der Waals surface area (Å²) in [4.78, 5) is 0. The van der Waals surface area contributed by atoms with Gasteiger partial charge in [-0.3, -0.25) is 0 Å². The van der Waals surface area contributed by atoms with Crippen molar-refractivity contribution in [3.63, 3.8) is 0 Å². The maximum Gasteiger partial charge on any atom is 0.492 e. The van der Waals surface area contributed by atoms with Gasteiger partial charge in [-0.2, -0.15) is 0 Å². The van der Waals surface area contributed by atoms with E-state index < -0.39 is 42.3 Å². The van der Waals surface area contributed by atoms with Crippen molar-refractivity contribution in [3.05, 3.63) is 34.8 Å². The molecule has 4 nitrogen and oxygen atoms in total. The SMILES string of the molecule is CC1(C)OB(C(=Cc2c(F)cc(O)cc2F)CO)OC1(C)C. The Morgan fingerprint density at radius 3 is 2.00 bits per heavy atom. The van der Waals surface area contributed by atoms with Crippen LogP contribution in [-0.2, 0) is 9.31 Å². The molecule has 0 aliphatic carbocycles. The van der Waals surface area contributed by atoms with Crippen LogP contribution in [0.3, 0.4) is 0 Å². The first-order valence-electron chi connectivity index (χ1n) is 6.92. The van der Waals surface area contributed by atoms with Gasteiger partial charge in [0.1, 0.15) is 17.4 Å². The van der Waals surface area contributed by atoms with Crippen molar-refractivity contribution < 1.29 is 28.3 Å². The maximum absolute atomic E-state index is 13.8. The molecular weight excluding hydrogens is 293 g/mol. The van der Waals surface area contributed by atoms with Crippen LogP contribution in [0.25, 0.3) is 6.08 Å². The maximum atomic E-state index is 13.8. The monoisotopic (exact) mass is 312 g/mol. The van der Waals surface area contributed by atoms with Crippen LogP contribution in [0.4, 0.5) is 8.78 Å². The van der Waals surface area contributed by atoms with Crippen LogP contribution in [0.15, 0.2) is 17.6 Å². The molecule has 2 rings (SSSR count). The quantitative estimate of drug-likeness (QED) is 0.843. The lowest BCUT2D eigenvalue weighted by molar-refractivity contribution is 0.00578. The zero-order valence-corrected chi connectivity index (χ0v) is 13.0. The standard InChI is InChI=1S/C15H19BF2O4/c1-14(2)15(3,4)22-16(21-14)9(8-19)5-11-12(17)6-10(20)7-13(11)18/h5-7,19-20H,8H2,1-4H3. The fraction of sp³-hybridized carbons (Fsp3) is 0.467. The number of benzene rings is 1. The molecule has 120 valence electrons. The highest BCUT2D eigenvalue weighted by molar-refractivity contribution is 6.55. The number of hydrogen-bond donors (Lipinski definition) is 2. The Kier molecular flexibility index (Phi) is 4.34. The molecule has 0 aromatic heterocycles. The Morgan fingerprint density at radius 2 is 1.59 bits per heavy atom. The summed E-state index contributed by atoms with van der Waals surface area (Å²) in [5.74, 6) is -2.37. The molecule has 1 aromatic rings. The summed E-state index contributed by atoms with van der Waals surface area (Å²) in [5.41, 5.74) is -1.42. The molecule has 0 bridgehead atoms. The van der Waals surface area contributed by atoms with Gasteiger partial charge >= 0.3 is 7.12 Å². The van der Waals surface area contributed by atoms with Crippen LogP contribution in [0.2, 0.25) is 0 Å². The number of halogens is 2. The summed E-state index contributed by atoms with van der Waals surface area (Å²) in [7, 11) is -0.900. The van der Waals surface area contributed by atoms with Gasteiger partial charge in [-0.1, -0.05) is 6.08 Å². The number of aliphatic hydroxyl groups is 1. The van der Waals surface area contributed by atoms with Crippen LogP contribution < -0.4 is 0 Å². The van der Waals surface area contributed by atoms with Crippen molar-refractivity contribution >= 4 is 13.2 Å². The van der Waals surface area contributed by atoms with Crippen LogP contribution in [0.5, 0.6) is 5.75 Å². The Hall–Kier alpha value is -1.44. The predicted molar refractivity (Wildman–Crippen MR) is 79.2 cm³/mol. The summed E-state index contributed by atoms with van der Waals surface area (Å²) in [6, 6.07) is 1.60. The zero-order valence-electron chi connectivity index (χ0n) is 13.0. The molecule has 1 fully saturated rings. The Balaban J connectivity index is 2.38. The molecule has 7 heteroatoms. The van der Waals surface area contributed by atoms with E-state index in [-0.39, 0.29) is 11.0 Å². The lowest BCUT2D eigenvalue weighted by Crippen LogP contribution is -2.41. The van der Waals surface area contributed by atoms with Crippen LogP contribution in [-0.4, -0.2) is 35.1 Å². The Bertz CT molecular complexity index is 575. The second kappa shape index (κ2) is 5.64. The normalized spacial score (nSPS) is 20.5. The number of aliphatic hydroxyl groups excluding tert-OH is 1. The van der Waals surface area contributed by atoms with E-state index in [1.54, 1.807) is 0 Å². The molecular formula is C15H19BF2O4. The number of aromatic hydroxyl groups is 1. The number of phenols is 1. The van der Waals surface area contributed by atoms with Gasteiger partial charge in [0.05, 0.1) is 17.8 Å². The van der Waals surface area contributed by atoms with Gasteiger partial charge in [0, 0.05) is 17.7 Å². The van der Waals surface area contributed by atoms with E-state index in [2.05, 4.69) is 0 Å². The summed E-state index contributed by atoms with van der Waals surface area (Å²) >= 11 is 0. The van der Waals surface area contributed by atoms with Crippen molar-refractivity contribution in [2.24, 2.45) is 0 Å². The van der Waals surface area contributed by atoms with Gasteiger partial charge in [0.25, 0.3) is 0 Å². The second-order valence-electron chi connectivity index (χ2n) is 6.29. The number of hydrogen-bond acceptors (Lipinski definition) is 4. The molecule has 2 N–H and O–H groups in total. The van der Waals surface area contributed by atoms with E-state index in [0.717, 1.165) is 18.2 Å². The smallest absolute Gasteiger partial charge is 0.492 e. The largest absolute Gasteiger partial charge is 0.508 e. The zero-order chi connectivity index (χ0) is 16.7. The third kappa shape index (κ3) is 3.02. The summed E-state index contributed by atoms with van der Waals surface area (Å²) in [6.45, 7) is 6.87. The van der Waals surface area contributed by atoms with E-state index >= 15 is 0 Å². The fourth-order valence-electron chi connectivity index (χ4n) is 2.08. The Morgan fingerprint density at radius 1 is 1.14 bits per heavy atom. The average Bonchev–Trinajstić information content (AvgIpc) is 2.57. The van der Waals surface area contributed by atoms with E-state index in [1.165, 1.54) is 0 Å². The highest BCUT2D eigenvalue weighted by Gasteiger charge is 2.52. The highest BCUT2D eigenvalue weighted by atomic mass is 19.1. The van der Waals surface area contributed by atoms with Gasteiger partial charge in [0.2, 0.25) is 0 Å². The molecule has 1 aliphatic heterocycles. The molecule has 0 radical (unpaired) electrons. The summed E-state index contributed by atoms with van der Waals surface area (Å²) in [5, 5.41) is 18.7. The average molecular weight is 312 g/mol. The van der Waals surface area contributed by atoms with Gasteiger partial charge in [0.15, 0.2) is 0 Å². The minimum absolute atomic E-state index is 0.196. The van der Waals surface area contributed by atoms with Gasteiger partial charge in [-0.15, -0.1) is 0 Å². The first-order chi connectivity index (χ1) is 10.1. The van der Waals surface area contributed by atoms with E-state index in [4.69, 9.17) is 14.4 Å².